The highest BCUT2D eigenvalue weighted by Crippen LogP contribution is 2.45. The molecular weight excluding hydrogens is 196 g/mol. The Balaban J connectivity index is 2.44. The Bertz CT molecular complexity index is 381. The smallest absolute Gasteiger partial charge is 0.494 e. The highest BCUT2D eigenvalue weighted by molar-refractivity contribution is 5.62. The Hall–Kier alpha value is -1.72. The van der Waals surface area contributed by atoms with Gasteiger partial charge in [-0.25, -0.2) is 0 Å². The minimum Gasteiger partial charge on any atom is -0.494 e. The van der Waals surface area contributed by atoms with Crippen LogP contribution in [0.3, 0.4) is 0 Å². The molecule has 1 aromatic carbocycles. The number of nitrogens with two attached hydrogens (primary N) is 1. The van der Waals surface area contributed by atoms with Gasteiger partial charge < -0.3 is 19.9 Å². The number of fused-ring (bicyclic) bond motifs is 1. The van der Waals surface area contributed by atoms with Gasteiger partial charge in [0.25, 0.3) is 0 Å². The topological polar surface area (TPSA) is 53.7 Å². The van der Waals surface area contributed by atoms with Crippen LogP contribution in [0.1, 0.15) is 0 Å². The fourth-order valence-corrected chi connectivity index (χ4v) is 1.17. The van der Waals surface area contributed by atoms with Gasteiger partial charge in [0, 0.05) is 12.1 Å². The molecule has 6 heteroatoms. The molecule has 0 saturated carbocycles. The predicted octanol–water partition coefficient (Wildman–Crippen LogP) is 1.60. The number of halogens is 2. The van der Waals surface area contributed by atoms with E-state index in [1.807, 2.05) is 0 Å². The summed E-state index contributed by atoms with van der Waals surface area (Å²) in [4.78, 5) is 0. The summed E-state index contributed by atoms with van der Waals surface area (Å²) in [6, 6.07) is 2.49. The molecule has 2 rings (SSSR count). The van der Waals surface area contributed by atoms with Gasteiger partial charge in [0.05, 0.1) is 12.8 Å². The molecule has 76 valence electrons. The van der Waals surface area contributed by atoms with Crippen LogP contribution in [0.5, 0.6) is 17.2 Å². The van der Waals surface area contributed by atoms with Gasteiger partial charge in [0.1, 0.15) is 5.75 Å². The molecule has 0 saturated heterocycles. The molecule has 0 fully saturated rings. The first-order valence-electron chi connectivity index (χ1n) is 3.75. The molecule has 4 nitrogen and oxygen atoms in total. The van der Waals surface area contributed by atoms with Crippen molar-refractivity contribution < 1.29 is 23.0 Å². The third-order valence-electron chi connectivity index (χ3n) is 1.75. The molecule has 1 heterocycles. The van der Waals surface area contributed by atoms with Gasteiger partial charge in [-0.2, -0.15) is 0 Å². The monoisotopic (exact) mass is 203 g/mol. The molecule has 1 aromatic rings. The summed E-state index contributed by atoms with van der Waals surface area (Å²) in [5.74, 6) is 0.0967. The molecule has 0 amide bonds. The normalized spacial score (nSPS) is 16.8. The van der Waals surface area contributed by atoms with E-state index in [0.29, 0.717) is 0 Å². The second kappa shape index (κ2) is 2.63. The van der Waals surface area contributed by atoms with Crippen molar-refractivity contribution in [3.8, 4) is 17.2 Å². The van der Waals surface area contributed by atoms with Crippen molar-refractivity contribution in [1.82, 2.24) is 0 Å². The van der Waals surface area contributed by atoms with Crippen LogP contribution in [-0.4, -0.2) is 13.4 Å². The first kappa shape index (κ1) is 8.86. The number of hydrogen-bond donors (Lipinski definition) is 1. The van der Waals surface area contributed by atoms with Crippen LogP contribution in [0.2, 0.25) is 0 Å². The Morgan fingerprint density at radius 1 is 1.29 bits per heavy atom. The number of nitrogen functional groups attached to an aromatic ring is 1. The molecule has 0 unspecified atom stereocenters. The van der Waals surface area contributed by atoms with E-state index in [-0.39, 0.29) is 22.9 Å². The summed E-state index contributed by atoms with van der Waals surface area (Å²) in [6.07, 6.45) is -3.62. The molecule has 1 aliphatic rings. The Labute approximate surface area is 78.2 Å². The van der Waals surface area contributed by atoms with E-state index in [1.165, 1.54) is 19.2 Å². The van der Waals surface area contributed by atoms with Crippen molar-refractivity contribution in [2.24, 2.45) is 0 Å². The summed E-state index contributed by atoms with van der Waals surface area (Å²) >= 11 is 0. The fourth-order valence-electron chi connectivity index (χ4n) is 1.17. The van der Waals surface area contributed by atoms with Crippen LogP contribution < -0.4 is 19.9 Å². The summed E-state index contributed by atoms with van der Waals surface area (Å²) in [6.45, 7) is 0. The minimum absolute atomic E-state index is 0.0824. The molecule has 2 N–H and O–H groups in total. The highest BCUT2D eigenvalue weighted by Gasteiger charge is 2.43. The van der Waals surface area contributed by atoms with E-state index in [9.17, 15) is 8.78 Å². The van der Waals surface area contributed by atoms with E-state index in [0.717, 1.165) is 0 Å². The molecule has 0 bridgehead atoms. The second-order valence-electron chi connectivity index (χ2n) is 2.71. The zero-order valence-electron chi connectivity index (χ0n) is 7.21. The predicted molar refractivity (Wildman–Crippen MR) is 43.6 cm³/mol. The lowest BCUT2D eigenvalue weighted by atomic mass is 10.2. The van der Waals surface area contributed by atoms with Gasteiger partial charge in [0.15, 0.2) is 11.5 Å². The summed E-state index contributed by atoms with van der Waals surface area (Å²) in [5, 5.41) is 0. The maximum atomic E-state index is 12.6. The van der Waals surface area contributed by atoms with Gasteiger partial charge in [-0.1, -0.05) is 0 Å². The van der Waals surface area contributed by atoms with Gasteiger partial charge in [-0.3, -0.25) is 0 Å². The lowest BCUT2D eigenvalue weighted by molar-refractivity contribution is -0.286. The number of alkyl halides is 2. The van der Waals surface area contributed by atoms with Crippen LogP contribution in [0, 0.1) is 0 Å². The molecule has 0 radical (unpaired) electrons. The second-order valence-corrected chi connectivity index (χ2v) is 2.71. The van der Waals surface area contributed by atoms with Crippen LogP contribution in [0.25, 0.3) is 0 Å². The van der Waals surface area contributed by atoms with Crippen molar-refractivity contribution in [3.05, 3.63) is 12.1 Å². The number of anilines is 1. The van der Waals surface area contributed by atoms with Gasteiger partial charge >= 0.3 is 6.29 Å². The summed E-state index contributed by atoms with van der Waals surface area (Å²) < 4.78 is 38.4. The third-order valence-corrected chi connectivity index (χ3v) is 1.75. The van der Waals surface area contributed by atoms with Crippen molar-refractivity contribution in [2.75, 3.05) is 12.8 Å². The van der Waals surface area contributed by atoms with Gasteiger partial charge in [-0.05, 0) is 0 Å². The Kier molecular flexibility index (Phi) is 1.67. The average molecular weight is 203 g/mol. The number of benzene rings is 1. The molecule has 1 aliphatic heterocycles. The molecule has 0 aromatic heterocycles. The molecule has 14 heavy (non-hydrogen) atoms. The number of hydrogen-bond acceptors (Lipinski definition) is 4. The number of ether oxygens (including phenoxy) is 3. The standard InChI is InChI=1S/C8H7F2NO3/c1-12-5-3-7-6(2-4(5)11)13-8(9,10)14-7/h2-3H,11H2,1H3. The quantitative estimate of drug-likeness (QED) is 0.704. The van der Waals surface area contributed by atoms with Crippen molar-refractivity contribution in [2.45, 2.75) is 6.29 Å². The first-order valence-corrected chi connectivity index (χ1v) is 3.75. The SMILES string of the molecule is COc1cc2c(cc1N)OC(F)(F)O2. The average Bonchev–Trinajstić information content (AvgIpc) is 2.36. The van der Waals surface area contributed by atoms with Crippen LogP contribution in [0.15, 0.2) is 12.1 Å². The minimum atomic E-state index is -3.62. The van der Waals surface area contributed by atoms with Crippen molar-refractivity contribution >= 4 is 5.69 Å². The van der Waals surface area contributed by atoms with Crippen LogP contribution in [0.4, 0.5) is 14.5 Å². The fraction of sp³-hybridized carbons (Fsp3) is 0.250. The Morgan fingerprint density at radius 2 is 1.86 bits per heavy atom. The maximum Gasteiger partial charge on any atom is 0.586 e. The zero-order valence-corrected chi connectivity index (χ0v) is 7.21. The first-order chi connectivity index (χ1) is 6.52. The van der Waals surface area contributed by atoms with Crippen molar-refractivity contribution in [3.63, 3.8) is 0 Å². The summed E-state index contributed by atoms with van der Waals surface area (Å²) in [5.41, 5.74) is 5.70. The molecule has 0 spiro atoms. The van der Waals surface area contributed by atoms with E-state index < -0.39 is 6.29 Å². The zero-order chi connectivity index (χ0) is 10.3. The van der Waals surface area contributed by atoms with E-state index in [1.54, 1.807) is 0 Å². The van der Waals surface area contributed by atoms with Crippen LogP contribution in [-0.2, 0) is 0 Å². The van der Waals surface area contributed by atoms with Gasteiger partial charge in [0.2, 0.25) is 0 Å². The number of methoxy groups -OCH3 is 1. The lowest BCUT2D eigenvalue weighted by Crippen LogP contribution is -2.25. The van der Waals surface area contributed by atoms with E-state index >= 15 is 0 Å². The molecule has 0 atom stereocenters. The maximum absolute atomic E-state index is 12.6. The Morgan fingerprint density at radius 3 is 2.43 bits per heavy atom. The largest absolute Gasteiger partial charge is 0.586 e. The highest BCUT2D eigenvalue weighted by atomic mass is 19.3. The van der Waals surface area contributed by atoms with E-state index in [2.05, 4.69) is 9.47 Å². The van der Waals surface area contributed by atoms with Crippen molar-refractivity contribution in [1.29, 1.82) is 0 Å². The van der Waals surface area contributed by atoms with Crippen LogP contribution >= 0.6 is 0 Å². The number of rotatable bonds is 1. The van der Waals surface area contributed by atoms with Gasteiger partial charge in [-0.15, -0.1) is 8.78 Å². The summed E-state index contributed by atoms with van der Waals surface area (Å²) in [7, 11) is 1.38. The lowest BCUT2D eigenvalue weighted by Gasteiger charge is -2.04. The molecular formula is C8H7F2NO3. The van der Waals surface area contributed by atoms with E-state index in [4.69, 9.17) is 10.5 Å². The molecule has 0 aliphatic carbocycles. The third kappa shape index (κ3) is 1.28.